The predicted molar refractivity (Wildman–Crippen MR) is 116 cm³/mol. The smallest absolute Gasteiger partial charge is 0.309 e. The molecule has 0 bridgehead atoms. The van der Waals surface area contributed by atoms with E-state index in [1.807, 2.05) is 42.5 Å². The van der Waals surface area contributed by atoms with Gasteiger partial charge in [-0.05, 0) is 62.4 Å². The van der Waals surface area contributed by atoms with Gasteiger partial charge in [-0.2, -0.15) is 0 Å². The zero-order valence-corrected chi connectivity index (χ0v) is 17.3. The summed E-state index contributed by atoms with van der Waals surface area (Å²) in [6.45, 7) is 3.91. The Labute approximate surface area is 176 Å². The average molecular weight is 407 g/mol. The van der Waals surface area contributed by atoms with Gasteiger partial charge in [-0.15, -0.1) is 0 Å². The molecule has 4 nitrogen and oxygen atoms in total. The van der Waals surface area contributed by atoms with Crippen LogP contribution in [0, 0.1) is 11.2 Å². The molecule has 0 atom stereocenters. The van der Waals surface area contributed by atoms with Gasteiger partial charge in [0.1, 0.15) is 5.82 Å². The third-order valence-electron chi connectivity index (χ3n) is 5.07. The quantitative estimate of drug-likeness (QED) is 0.428. The number of benzene rings is 2. The summed E-state index contributed by atoms with van der Waals surface area (Å²) in [5.74, 6) is -0.574. The van der Waals surface area contributed by atoms with Crippen molar-refractivity contribution in [3.63, 3.8) is 0 Å². The van der Waals surface area contributed by atoms with Gasteiger partial charge in [-0.3, -0.25) is 4.79 Å². The van der Waals surface area contributed by atoms with E-state index in [0.29, 0.717) is 18.9 Å². The number of pyridine rings is 1. The molecule has 1 N–H and O–H groups in total. The summed E-state index contributed by atoms with van der Waals surface area (Å²) in [5.41, 5.74) is 2.78. The molecule has 2 aromatic carbocycles. The Bertz CT molecular complexity index is 985. The highest BCUT2D eigenvalue weighted by molar-refractivity contribution is 5.73. The number of rotatable bonds is 9. The minimum absolute atomic E-state index is 0.281. The summed E-state index contributed by atoms with van der Waals surface area (Å²) in [6, 6.07) is 20.0. The van der Waals surface area contributed by atoms with Gasteiger partial charge in [0, 0.05) is 11.6 Å². The summed E-state index contributed by atoms with van der Waals surface area (Å²) in [4.78, 5) is 15.8. The van der Waals surface area contributed by atoms with Crippen molar-refractivity contribution < 1.29 is 19.0 Å². The van der Waals surface area contributed by atoms with E-state index >= 15 is 0 Å². The molecule has 3 aromatic rings. The first-order valence-electron chi connectivity index (χ1n) is 10.0. The highest BCUT2D eigenvalue weighted by Crippen LogP contribution is 2.29. The summed E-state index contributed by atoms with van der Waals surface area (Å²) in [6.07, 6.45) is 2.08. The van der Waals surface area contributed by atoms with Crippen molar-refractivity contribution in [2.75, 3.05) is 6.61 Å². The molecule has 0 unspecified atom stereocenters. The fourth-order valence-corrected chi connectivity index (χ4v) is 3.10. The van der Waals surface area contributed by atoms with E-state index in [4.69, 9.17) is 4.74 Å². The maximum absolute atomic E-state index is 13.3. The van der Waals surface area contributed by atoms with Gasteiger partial charge in [0.2, 0.25) is 5.88 Å². The molecule has 0 spiro atoms. The maximum atomic E-state index is 13.3. The lowest BCUT2D eigenvalue weighted by atomic mass is 9.87. The lowest BCUT2D eigenvalue weighted by Gasteiger charge is -2.18. The maximum Gasteiger partial charge on any atom is 0.309 e. The molecule has 0 radical (unpaired) electrons. The van der Waals surface area contributed by atoms with Crippen molar-refractivity contribution in [2.45, 2.75) is 33.1 Å². The number of hydrogen-bond acceptors (Lipinski definition) is 3. The molecule has 0 saturated carbocycles. The van der Waals surface area contributed by atoms with Crippen LogP contribution >= 0.6 is 0 Å². The van der Waals surface area contributed by atoms with Crippen LogP contribution in [-0.4, -0.2) is 22.7 Å². The minimum atomic E-state index is -0.787. The molecule has 0 aliphatic carbocycles. The van der Waals surface area contributed by atoms with Crippen LogP contribution in [0.25, 0.3) is 22.4 Å². The van der Waals surface area contributed by atoms with E-state index in [9.17, 15) is 14.3 Å². The number of hydrogen-bond donors (Lipinski definition) is 1. The van der Waals surface area contributed by atoms with Crippen LogP contribution in [0.2, 0.25) is 0 Å². The van der Waals surface area contributed by atoms with Crippen molar-refractivity contribution in [1.29, 1.82) is 0 Å². The van der Waals surface area contributed by atoms with Crippen LogP contribution in [0.3, 0.4) is 0 Å². The van der Waals surface area contributed by atoms with Gasteiger partial charge in [0.15, 0.2) is 0 Å². The number of carbonyl (C=O) groups is 1. The molecule has 0 amide bonds. The number of aromatic nitrogens is 1. The second kappa shape index (κ2) is 9.53. The standard InChI is InChI=1S/C25H26FNO3/c1-25(2,24(28)29)14-6-7-15-30-23-17-20(18-10-12-21(26)13-11-18)16-22(27-23)19-8-4-3-5-9-19/h3-5,8-13,16-17H,6-7,14-15H2,1-2H3,(H,28,29). The Morgan fingerprint density at radius 2 is 1.67 bits per heavy atom. The van der Waals surface area contributed by atoms with Crippen molar-refractivity contribution >= 4 is 5.97 Å². The van der Waals surface area contributed by atoms with E-state index in [0.717, 1.165) is 35.2 Å². The average Bonchev–Trinajstić information content (AvgIpc) is 2.74. The molecule has 5 heteroatoms. The van der Waals surface area contributed by atoms with Crippen molar-refractivity contribution in [2.24, 2.45) is 5.41 Å². The topological polar surface area (TPSA) is 59.4 Å². The summed E-state index contributed by atoms with van der Waals surface area (Å²) >= 11 is 0. The first-order chi connectivity index (χ1) is 14.3. The number of carboxylic acid groups (broad SMARTS) is 1. The molecule has 0 aliphatic rings. The van der Waals surface area contributed by atoms with Crippen LogP contribution in [0.5, 0.6) is 5.88 Å². The van der Waals surface area contributed by atoms with E-state index in [-0.39, 0.29) is 5.82 Å². The Morgan fingerprint density at radius 3 is 2.33 bits per heavy atom. The Balaban J connectivity index is 1.75. The van der Waals surface area contributed by atoms with Gasteiger partial charge in [-0.25, -0.2) is 9.37 Å². The predicted octanol–water partition coefficient (Wildman–Crippen LogP) is 6.21. The Hall–Kier alpha value is -3.21. The second-order valence-electron chi connectivity index (χ2n) is 7.95. The fraction of sp³-hybridized carbons (Fsp3) is 0.280. The van der Waals surface area contributed by atoms with E-state index < -0.39 is 11.4 Å². The van der Waals surface area contributed by atoms with Crippen LogP contribution in [0.4, 0.5) is 4.39 Å². The van der Waals surface area contributed by atoms with Gasteiger partial charge < -0.3 is 9.84 Å². The number of halogens is 1. The largest absolute Gasteiger partial charge is 0.481 e. The van der Waals surface area contributed by atoms with Crippen LogP contribution in [0.1, 0.15) is 33.1 Å². The molecule has 3 rings (SSSR count). The van der Waals surface area contributed by atoms with Gasteiger partial charge >= 0.3 is 5.97 Å². The first-order valence-corrected chi connectivity index (χ1v) is 10.0. The fourth-order valence-electron chi connectivity index (χ4n) is 3.10. The highest BCUT2D eigenvalue weighted by atomic mass is 19.1. The monoisotopic (exact) mass is 407 g/mol. The highest BCUT2D eigenvalue weighted by Gasteiger charge is 2.26. The van der Waals surface area contributed by atoms with Gasteiger partial charge in [-0.1, -0.05) is 42.5 Å². The molecule has 30 heavy (non-hydrogen) atoms. The van der Waals surface area contributed by atoms with Crippen LogP contribution in [0.15, 0.2) is 66.7 Å². The molecule has 0 fully saturated rings. The molecule has 1 heterocycles. The first kappa shape index (κ1) is 21.5. The molecule has 0 saturated heterocycles. The lowest BCUT2D eigenvalue weighted by Crippen LogP contribution is -2.23. The van der Waals surface area contributed by atoms with Crippen LogP contribution < -0.4 is 4.74 Å². The van der Waals surface area contributed by atoms with Gasteiger partial charge in [0.05, 0.1) is 17.7 Å². The van der Waals surface area contributed by atoms with E-state index in [2.05, 4.69) is 4.98 Å². The van der Waals surface area contributed by atoms with Crippen molar-refractivity contribution in [3.8, 4) is 28.3 Å². The third kappa shape index (κ3) is 5.66. The third-order valence-corrected chi connectivity index (χ3v) is 5.07. The molecular formula is C25H26FNO3. The number of aliphatic carboxylic acids is 1. The summed E-state index contributed by atoms with van der Waals surface area (Å²) in [7, 11) is 0. The molecule has 156 valence electrons. The van der Waals surface area contributed by atoms with Crippen molar-refractivity contribution in [1.82, 2.24) is 4.98 Å². The summed E-state index contributed by atoms with van der Waals surface area (Å²) in [5, 5.41) is 9.21. The molecule has 1 aromatic heterocycles. The van der Waals surface area contributed by atoms with E-state index in [1.165, 1.54) is 12.1 Å². The van der Waals surface area contributed by atoms with Gasteiger partial charge in [0.25, 0.3) is 0 Å². The second-order valence-corrected chi connectivity index (χ2v) is 7.95. The molecule has 0 aliphatic heterocycles. The number of carboxylic acids is 1. The van der Waals surface area contributed by atoms with Crippen LogP contribution in [-0.2, 0) is 4.79 Å². The zero-order valence-electron chi connectivity index (χ0n) is 17.3. The minimum Gasteiger partial charge on any atom is -0.481 e. The Morgan fingerprint density at radius 1 is 0.967 bits per heavy atom. The number of ether oxygens (including phenoxy) is 1. The summed E-state index contributed by atoms with van der Waals surface area (Å²) < 4.78 is 19.2. The zero-order chi connectivity index (χ0) is 21.6. The number of nitrogens with zero attached hydrogens (tertiary/aromatic N) is 1. The van der Waals surface area contributed by atoms with E-state index in [1.54, 1.807) is 26.0 Å². The SMILES string of the molecule is CC(C)(CCCCOc1cc(-c2ccc(F)cc2)cc(-c2ccccc2)n1)C(=O)O. The normalized spacial score (nSPS) is 11.3. The molecular weight excluding hydrogens is 381 g/mol. The van der Waals surface area contributed by atoms with Crippen molar-refractivity contribution in [3.05, 3.63) is 72.5 Å². The number of unbranched alkanes of at least 4 members (excludes halogenated alkanes) is 1. The Kier molecular flexibility index (Phi) is 6.83. The lowest BCUT2D eigenvalue weighted by molar-refractivity contribution is -0.147.